The van der Waals surface area contributed by atoms with Gasteiger partial charge in [-0.25, -0.2) is 12.7 Å². The number of hydrogen-bond donors (Lipinski definition) is 0. The Hall–Kier alpha value is -2.39. The molecule has 0 N–H and O–H groups in total. The molecule has 2 amide bonds. The number of benzene rings is 2. The van der Waals surface area contributed by atoms with Crippen molar-refractivity contribution in [3.63, 3.8) is 0 Å². The standard InChI is InChI=1S/C28H33F3IN4O4S/c1-26(12-15-32-33-24(40-26)28(29,30)31)22-10-8-21(9-11-22)18-36(23-6-4-3-5-7-23)25(37)34-16-13-27(14-17-34)19-35(20-27)41(2,38)39/h3-11H,12-20H2,1-2H3/q-1. The Labute approximate surface area is 249 Å². The number of carbonyl (C=O) groups is 1. The Morgan fingerprint density at radius 2 is 1.68 bits per heavy atom. The second-order valence-electron chi connectivity index (χ2n) is 11.2. The monoisotopic (exact) mass is 705 g/mol. The van der Waals surface area contributed by atoms with Gasteiger partial charge in [-0.3, -0.25) is 0 Å². The number of hydrogen-bond acceptors (Lipinski definition) is 5. The van der Waals surface area contributed by atoms with Crippen LogP contribution in [0.5, 0.6) is 0 Å². The van der Waals surface area contributed by atoms with Crippen molar-refractivity contribution in [2.24, 2.45) is 8.62 Å². The summed E-state index contributed by atoms with van der Waals surface area (Å²) >= 11 is -0.976. The van der Waals surface area contributed by atoms with Gasteiger partial charge in [-0.15, -0.1) is 0 Å². The van der Waals surface area contributed by atoms with Gasteiger partial charge in [0, 0.05) is 18.5 Å². The van der Waals surface area contributed by atoms with Crippen LogP contribution in [0.4, 0.5) is 23.7 Å². The second-order valence-corrected chi connectivity index (χ2v) is 15.4. The van der Waals surface area contributed by atoms with Gasteiger partial charge in [0.25, 0.3) is 0 Å². The van der Waals surface area contributed by atoms with Crippen molar-refractivity contribution in [2.75, 3.05) is 41.8 Å². The fourth-order valence-electron chi connectivity index (χ4n) is 5.53. The van der Waals surface area contributed by atoms with Crippen molar-refractivity contribution >= 4 is 27.6 Å². The number of halogens is 4. The van der Waals surface area contributed by atoms with Gasteiger partial charge < -0.3 is 0 Å². The summed E-state index contributed by atoms with van der Waals surface area (Å²) in [6.45, 7) is 4.04. The number of ether oxygens (including phenoxy) is 1. The van der Waals surface area contributed by atoms with E-state index in [0.29, 0.717) is 42.6 Å². The number of alkyl halides is 4. The molecule has 2 saturated heterocycles. The molecule has 0 aromatic heterocycles. The Morgan fingerprint density at radius 3 is 2.27 bits per heavy atom. The maximum absolute atomic E-state index is 13.8. The number of urea groups is 1. The molecule has 5 rings (SSSR count). The predicted octanol–water partition coefficient (Wildman–Crippen LogP) is 1.77. The molecule has 13 heteroatoms. The molecule has 0 radical (unpaired) electrons. The minimum atomic E-state index is -4.62. The number of piperidine rings is 1. The summed E-state index contributed by atoms with van der Waals surface area (Å²) in [4.78, 5) is 17.3. The third-order valence-electron chi connectivity index (χ3n) is 8.15. The predicted molar refractivity (Wildman–Crippen MR) is 146 cm³/mol. The van der Waals surface area contributed by atoms with E-state index in [-0.39, 0.29) is 18.0 Å². The molecule has 8 nitrogen and oxygen atoms in total. The Morgan fingerprint density at radius 1 is 1.05 bits per heavy atom. The number of carbonyl (C=O) groups excluding carboxylic acids is 1. The van der Waals surface area contributed by atoms with Crippen LogP contribution in [0.15, 0.2) is 57.8 Å². The number of likely N-dealkylation sites (tertiary alicyclic amines) is 1. The van der Waals surface area contributed by atoms with E-state index < -0.39 is 49.2 Å². The van der Waals surface area contributed by atoms with Crippen molar-refractivity contribution in [3.8, 4) is 0 Å². The first-order valence-electron chi connectivity index (χ1n) is 13.4. The van der Waals surface area contributed by atoms with E-state index in [2.05, 4.69) is 3.21 Å². The van der Waals surface area contributed by atoms with Crippen LogP contribution in [0.3, 0.4) is 0 Å². The van der Waals surface area contributed by atoms with Gasteiger partial charge in [0.1, 0.15) is 0 Å². The molecule has 0 saturated carbocycles. The molecule has 1 atom stereocenters. The molecular weight excluding hydrogens is 672 g/mol. The molecule has 224 valence electrons. The minimum absolute atomic E-state index is 0.0674. The van der Waals surface area contributed by atoms with Gasteiger partial charge in [0.2, 0.25) is 10.0 Å². The Kier molecular flexibility index (Phi) is 8.34. The summed E-state index contributed by atoms with van der Waals surface area (Å²) in [5.41, 5.74) is 0.990. The first-order chi connectivity index (χ1) is 19.3. The number of amides is 2. The van der Waals surface area contributed by atoms with Gasteiger partial charge in [-0.2, -0.15) is 0 Å². The number of rotatable bonds is 5. The van der Waals surface area contributed by atoms with Crippen LogP contribution in [0, 0.1) is 5.41 Å². The molecule has 3 aliphatic rings. The Balaban J connectivity index is 1.29. The van der Waals surface area contributed by atoms with Gasteiger partial charge >= 0.3 is 184 Å². The van der Waals surface area contributed by atoms with Crippen LogP contribution in [-0.4, -0.2) is 72.6 Å². The van der Waals surface area contributed by atoms with E-state index in [9.17, 15) is 26.4 Å². The molecule has 1 unspecified atom stereocenters. The molecule has 0 bridgehead atoms. The molecule has 2 aromatic rings. The SMILES string of the molecule is CC1(c2ccc(CN(C(=O)N3CCC4(CC3)CN(S(C)(=O)=O)C4)c3ccccc3)cc2)CC[I-]N=C(C(F)(F)F)O1. The first-order valence-corrected chi connectivity index (χ1v) is 17.7. The van der Waals surface area contributed by atoms with Gasteiger partial charge in [0.05, 0.1) is 6.26 Å². The van der Waals surface area contributed by atoms with Crippen molar-refractivity contribution in [3.05, 3.63) is 65.7 Å². The molecular formula is C28H33F3IN4O4S-. The van der Waals surface area contributed by atoms with Crippen LogP contribution in [0.1, 0.15) is 37.3 Å². The summed E-state index contributed by atoms with van der Waals surface area (Å²) < 4.78 is 75.1. The second kappa shape index (κ2) is 11.4. The molecule has 2 aromatic carbocycles. The topological polar surface area (TPSA) is 82.5 Å². The van der Waals surface area contributed by atoms with Crippen molar-refractivity contribution in [1.82, 2.24) is 9.21 Å². The summed E-state index contributed by atoms with van der Waals surface area (Å²) in [6, 6.07) is 16.4. The molecule has 1 spiro atoms. The Bertz CT molecular complexity index is 1390. The maximum atomic E-state index is 13.8. The first kappa shape index (κ1) is 30.1. The summed E-state index contributed by atoms with van der Waals surface area (Å²) in [6.07, 6.45) is -1.47. The average Bonchev–Trinajstić information content (AvgIpc) is 3.13. The van der Waals surface area contributed by atoms with Crippen LogP contribution in [0.2, 0.25) is 0 Å². The third kappa shape index (κ3) is 6.66. The van der Waals surface area contributed by atoms with Crippen LogP contribution < -0.4 is 26.4 Å². The normalized spacial score (nSPS) is 23.4. The molecule has 3 aliphatic heterocycles. The van der Waals surface area contributed by atoms with E-state index in [1.54, 1.807) is 24.0 Å². The van der Waals surface area contributed by atoms with Gasteiger partial charge in [-0.1, -0.05) is 6.07 Å². The summed E-state index contributed by atoms with van der Waals surface area (Å²) in [5.74, 6) is -1.15. The molecule has 2 fully saturated rings. The van der Waals surface area contributed by atoms with Crippen molar-refractivity contribution < 1.29 is 52.6 Å². The average molecular weight is 706 g/mol. The fourth-order valence-corrected chi connectivity index (χ4v) is 8.74. The van der Waals surface area contributed by atoms with E-state index in [1.807, 2.05) is 47.4 Å². The van der Waals surface area contributed by atoms with Crippen LogP contribution in [-0.2, 0) is 26.9 Å². The zero-order chi connectivity index (χ0) is 29.5. The zero-order valence-corrected chi connectivity index (χ0v) is 25.9. The quantitative estimate of drug-likeness (QED) is 0.351. The van der Waals surface area contributed by atoms with Crippen LogP contribution in [0.25, 0.3) is 0 Å². The zero-order valence-electron chi connectivity index (χ0n) is 22.9. The number of nitrogens with zero attached hydrogens (tertiary/aromatic N) is 4. The van der Waals surface area contributed by atoms with Crippen LogP contribution >= 0.6 is 0 Å². The van der Waals surface area contributed by atoms with Crippen molar-refractivity contribution in [1.29, 1.82) is 0 Å². The molecule has 3 heterocycles. The summed E-state index contributed by atoms with van der Waals surface area (Å²) in [5, 5.41) is 0. The van der Waals surface area contributed by atoms with E-state index >= 15 is 0 Å². The van der Waals surface area contributed by atoms with Crippen molar-refractivity contribution in [2.45, 2.75) is 44.5 Å². The number of anilines is 1. The van der Waals surface area contributed by atoms with Gasteiger partial charge in [-0.05, 0) is 12.8 Å². The van der Waals surface area contributed by atoms with E-state index in [1.165, 1.54) is 10.6 Å². The molecule has 41 heavy (non-hydrogen) atoms. The van der Waals surface area contributed by atoms with E-state index in [4.69, 9.17) is 4.74 Å². The third-order valence-corrected chi connectivity index (χ3v) is 11.1. The number of sulfonamides is 1. The van der Waals surface area contributed by atoms with E-state index in [0.717, 1.165) is 24.1 Å². The van der Waals surface area contributed by atoms with Gasteiger partial charge in [0.15, 0.2) is 0 Å². The fraction of sp³-hybridized carbons (Fsp3) is 0.500. The molecule has 0 aliphatic carbocycles. The summed E-state index contributed by atoms with van der Waals surface area (Å²) in [7, 11) is -3.20. The number of para-hydroxylation sites is 1.